The van der Waals surface area contributed by atoms with E-state index < -0.39 is 11.7 Å². The lowest BCUT2D eigenvalue weighted by atomic mass is 10.0. The molecule has 1 aliphatic heterocycles. The number of hydrogen-bond acceptors (Lipinski definition) is 3. The van der Waals surface area contributed by atoms with Crippen LogP contribution in [0.2, 0.25) is 0 Å². The SMILES string of the molecule is Cc1ccc(C(F)(F)F)cc1C(=O)N1CCN(C)C(CCO)C1. The normalized spacial score (nSPS) is 19.9. The first-order valence-electron chi connectivity index (χ1n) is 7.52. The van der Waals surface area contributed by atoms with E-state index in [4.69, 9.17) is 5.11 Å². The summed E-state index contributed by atoms with van der Waals surface area (Å²) >= 11 is 0. The van der Waals surface area contributed by atoms with Crippen molar-refractivity contribution in [2.75, 3.05) is 33.3 Å². The molecule has 128 valence electrons. The van der Waals surface area contributed by atoms with E-state index in [1.54, 1.807) is 11.8 Å². The molecule has 1 aromatic carbocycles. The zero-order chi connectivity index (χ0) is 17.2. The molecule has 1 aromatic rings. The first-order chi connectivity index (χ1) is 10.7. The fraction of sp³-hybridized carbons (Fsp3) is 0.562. The van der Waals surface area contributed by atoms with Gasteiger partial charge in [0.05, 0.1) is 5.56 Å². The minimum absolute atomic E-state index is 0.0135. The van der Waals surface area contributed by atoms with Crippen LogP contribution in [0.5, 0.6) is 0 Å². The van der Waals surface area contributed by atoms with E-state index in [2.05, 4.69) is 4.90 Å². The second-order valence-corrected chi connectivity index (χ2v) is 5.93. The number of piperazine rings is 1. The molecule has 0 bridgehead atoms. The van der Waals surface area contributed by atoms with E-state index in [0.29, 0.717) is 31.6 Å². The molecule has 0 saturated carbocycles. The first kappa shape index (κ1) is 17.7. The molecule has 2 rings (SSSR count). The Morgan fingerprint density at radius 3 is 2.65 bits per heavy atom. The summed E-state index contributed by atoms with van der Waals surface area (Å²) in [5.41, 5.74) is -0.194. The molecule has 4 nitrogen and oxygen atoms in total. The maximum atomic E-state index is 12.9. The van der Waals surface area contributed by atoms with Crippen LogP contribution < -0.4 is 0 Å². The minimum Gasteiger partial charge on any atom is -0.396 e. The summed E-state index contributed by atoms with van der Waals surface area (Å²) in [6, 6.07) is 3.27. The van der Waals surface area contributed by atoms with Gasteiger partial charge in [-0.2, -0.15) is 13.2 Å². The fourth-order valence-electron chi connectivity index (χ4n) is 2.79. The number of aliphatic hydroxyl groups is 1. The zero-order valence-electron chi connectivity index (χ0n) is 13.2. The average molecular weight is 330 g/mol. The van der Waals surface area contributed by atoms with Crippen LogP contribution in [-0.2, 0) is 6.18 Å². The number of nitrogens with zero attached hydrogens (tertiary/aromatic N) is 2. The zero-order valence-corrected chi connectivity index (χ0v) is 13.2. The van der Waals surface area contributed by atoms with Gasteiger partial charge in [-0.15, -0.1) is 0 Å². The van der Waals surface area contributed by atoms with Gasteiger partial charge in [-0.25, -0.2) is 0 Å². The molecular formula is C16H21F3N2O2. The van der Waals surface area contributed by atoms with Crippen LogP contribution >= 0.6 is 0 Å². The highest BCUT2D eigenvalue weighted by atomic mass is 19.4. The van der Waals surface area contributed by atoms with Gasteiger partial charge >= 0.3 is 6.18 Å². The lowest BCUT2D eigenvalue weighted by Crippen LogP contribution is -2.53. The molecule has 1 fully saturated rings. The molecule has 7 heteroatoms. The van der Waals surface area contributed by atoms with Gasteiger partial charge < -0.3 is 10.0 Å². The van der Waals surface area contributed by atoms with Gasteiger partial charge in [-0.3, -0.25) is 9.69 Å². The van der Waals surface area contributed by atoms with Gasteiger partial charge in [0, 0.05) is 37.8 Å². The largest absolute Gasteiger partial charge is 0.416 e. The lowest BCUT2D eigenvalue weighted by Gasteiger charge is -2.39. The molecule has 1 unspecified atom stereocenters. The molecule has 1 amide bonds. The van der Waals surface area contributed by atoms with Crippen LogP contribution in [0.25, 0.3) is 0 Å². The Hall–Kier alpha value is -1.60. The van der Waals surface area contributed by atoms with Gasteiger partial charge in [-0.1, -0.05) is 6.07 Å². The summed E-state index contributed by atoms with van der Waals surface area (Å²) in [4.78, 5) is 16.3. The predicted octanol–water partition coefficient (Wildman–Crippen LogP) is 2.15. The molecular weight excluding hydrogens is 309 g/mol. The molecule has 1 aliphatic rings. The maximum absolute atomic E-state index is 12.9. The molecule has 0 radical (unpaired) electrons. The van der Waals surface area contributed by atoms with E-state index in [9.17, 15) is 18.0 Å². The summed E-state index contributed by atoms with van der Waals surface area (Å²) in [7, 11) is 1.91. The topological polar surface area (TPSA) is 43.8 Å². The first-order valence-corrected chi connectivity index (χ1v) is 7.52. The highest BCUT2D eigenvalue weighted by Gasteiger charge is 2.33. The van der Waals surface area contributed by atoms with E-state index in [1.165, 1.54) is 6.07 Å². The average Bonchev–Trinajstić information content (AvgIpc) is 2.48. The van der Waals surface area contributed by atoms with Gasteiger partial charge in [0.25, 0.3) is 5.91 Å². The summed E-state index contributed by atoms with van der Waals surface area (Å²) in [6.45, 7) is 3.15. The molecule has 0 spiro atoms. The summed E-state index contributed by atoms with van der Waals surface area (Å²) < 4.78 is 38.6. The second kappa shape index (κ2) is 6.88. The Labute approximate surface area is 133 Å². The van der Waals surface area contributed by atoms with Crippen molar-refractivity contribution in [3.05, 3.63) is 34.9 Å². The van der Waals surface area contributed by atoms with Crippen molar-refractivity contribution in [3.63, 3.8) is 0 Å². The van der Waals surface area contributed by atoms with Crippen molar-refractivity contribution in [2.24, 2.45) is 0 Å². The Kier molecular flexibility index (Phi) is 5.31. The number of rotatable bonds is 3. The van der Waals surface area contributed by atoms with E-state index >= 15 is 0 Å². The van der Waals surface area contributed by atoms with Crippen LogP contribution in [0.1, 0.15) is 27.9 Å². The number of aliphatic hydroxyl groups excluding tert-OH is 1. The van der Waals surface area contributed by atoms with Crippen molar-refractivity contribution in [1.82, 2.24) is 9.80 Å². The Morgan fingerprint density at radius 1 is 1.35 bits per heavy atom. The van der Waals surface area contributed by atoms with Crippen molar-refractivity contribution >= 4 is 5.91 Å². The molecule has 1 saturated heterocycles. The Balaban J connectivity index is 2.23. The predicted molar refractivity (Wildman–Crippen MR) is 80.2 cm³/mol. The number of alkyl halides is 3. The lowest BCUT2D eigenvalue weighted by molar-refractivity contribution is -0.137. The molecule has 1 heterocycles. The number of likely N-dealkylation sites (N-methyl/N-ethyl adjacent to an activating group) is 1. The van der Waals surface area contributed by atoms with Crippen molar-refractivity contribution in [3.8, 4) is 0 Å². The number of benzene rings is 1. The highest BCUT2D eigenvalue weighted by molar-refractivity contribution is 5.96. The number of aryl methyl sites for hydroxylation is 1. The summed E-state index contributed by atoms with van der Waals surface area (Å²) in [5.74, 6) is -0.385. The maximum Gasteiger partial charge on any atom is 0.416 e. The Bertz CT molecular complexity index is 575. The fourth-order valence-corrected chi connectivity index (χ4v) is 2.79. The quantitative estimate of drug-likeness (QED) is 0.924. The number of halogens is 3. The number of carbonyl (C=O) groups is 1. The molecule has 1 N–H and O–H groups in total. The third kappa shape index (κ3) is 4.03. The van der Waals surface area contributed by atoms with Gasteiger partial charge in [-0.05, 0) is 38.1 Å². The smallest absolute Gasteiger partial charge is 0.396 e. The Morgan fingerprint density at radius 2 is 2.04 bits per heavy atom. The van der Waals surface area contributed by atoms with Crippen LogP contribution in [0.4, 0.5) is 13.2 Å². The monoisotopic (exact) mass is 330 g/mol. The minimum atomic E-state index is -4.47. The molecule has 1 atom stereocenters. The van der Waals surface area contributed by atoms with E-state index in [0.717, 1.165) is 12.1 Å². The molecule has 0 aliphatic carbocycles. The van der Waals surface area contributed by atoms with Crippen LogP contribution in [0.3, 0.4) is 0 Å². The number of carbonyl (C=O) groups excluding carboxylic acids is 1. The third-order valence-corrected chi connectivity index (χ3v) is 4.32. The standard InChI is InChI=1S/C16H21F3N2O2/c1-11-3-4-12(16(17,18)19)9-14(11)15(23)21-7-6-20(2)13(10-21)5-8-22/h3-4,9,13,22H,5-8,10H2,1-2H3. The van der Waals surface area contributed by atoms with Gasteiger partial charge in [0.1, 0.15) is 0 Å². The van der Waals surface area contributed by atoms with Crippen LogP contribution in [-0.4, -0.2) is 60.1 Å². The summed E-state index contributed by atoms with van der Waals surface area (Å²) in [5, 5.41) is 9.09. The van der Waals surface area contributed by atoms with E-state index in [1.807, 2.05) is 7.05 Å². The van der Waals surface area contributed by atoms with Crippen molar-refractivity contribution < 1.29 is 23.1 Å². The van der Waals surface area contributed by atoms with E-state index in [-0.39, 0.29) is 24.1 Å². The van der Waals surface area contributed by atoms with Crippen LogP contribution in [0, 0.1) is 6.92 Å². The van der Waals surface area contributed by atoms with Crippen molar-refractivity contribution in [1.29, 1.82) is 0 Å². The summed E-state index contributed by atoms with van der Waals surface area (Å²) in [6.07, 6.45) is -3.94. The molecule has 23 heavy (non-hydrogen) atoms. The second-order valence-electron chi connectivity index (χ2n) is 5.93. The number of hydrogen-bond donors (Lipinski definition) is 1. The van der Waals surface area contributed by atoms with Crippen LogP contribution in [0.15, 0.2) is 18.2 Å². The third-order valence-electron chi connectivity index (χ3n) is 4.32. The van der Waals surface area contributed by atoms with Gasteiger partial charge in [0.15, 0.2) is 0 Å². The molecule has 0 aromatic heterocycles. The number of amides is 1. The van der Waals surface area contributed by atoms with Crippen molar-refractivity contribution in [2.45, 2.75) is 25.6 Å². The highest BCUT2D eigenvalue weighted by Crippen LogP contribution is 2.31. The van der Waals surface area contributed by atoms with Gasteiger partial charge in [0.2, 0.25) is 0 Å².